The molecule has 0 amide bonds. The molecule has 0 spiro atoms. The Bertz CT molecular complexity index is 1710. The van der Waals surface area contributed by atoms with E-state index in [0.717, 1.165) is 44.1 Å². The summed E-state index contributed by atoms with van der Waals surface area (Å²) in [5.41, 5.74) is 7.56. The Morgan fingerprint density at radius 2 is 1.50 bits per heavy atom. The van der Waals surface area contributed by atoms with Gasteiger partial charge in [-0.15, -0.1) is 0 Å². The van der Waals surface area contributed by atoms with Gasteiger partial charge in [0.05, 0.1) is 16.6 Å². The van der Waals surface area contributed by atoms with E-state index in [1.54, 1.807) is 0 Å². The summed E-state index contributed by atoms with van der Waals surface area (Å²) < 4.78 is 6.51. The van der Waals surface area contributed by atoms with Crippen molar-refractivity contribution >= 4 is 43.6 Å². The average molecular weight is 444 g/mol. The topological polar surface area (TPSA) is 26.0 Å². The van der Waals surface area contributed by atoms with Crippen molar-refractivity contribution in [2.75, 3.05) is 0 Å². The van der Waals surface area contributed by atoms with Crippen LogP contribution in [-0.4, -0.2) is 4.98 Å². The van der Waals surface area contributed by atoms with Crippen molar-refractivity contribution in [1.82, 2.24) is 4.98 Å². The van der Waals surface area contributed by atoms with Crippen LogP contribution in [0.3, 0.4) is 0 Å². The van der Waals surface area contributed by atoms with Crippen molar-refractivity contribution in [2.24, 2.45) is 0 Å². The monoisotopic (exact) mass is 443 g/mol. The van der Waals surface area contributed by atoms with Gasteiger partial charge in [-0.05, 0) is 69.6 Å². The van der Waals surface area contributed by atoms with Crippen LogP contribution in [-0.2, 0) is 5.41 Å². The van der Waals surface area contributed by atoms with E-state index in [0.29, 0.717) is 5.92 Å². The summed E-state index contributed by atoms with van der Waals surface area (Å²) >= 11 is 0. The van der Waals surface area contributed by atoms with Gasteiger partial charge in [0.2, 0.25) is 0 Å². The molecule has 0 unspecified atom stereocenters. The highest BCUT2D eigenvalue weighted by Gasteiger charge is 2.22. The van der Waals surface area contributed by atoms with Crippen LogP contribution in [0.2, 0.25) is 0 Å². The Labute approximate surface area is 200 Å². The van der Waals surface area contributed by atoms with Crippen molar-refractivity contribution in [3.8, 4) is 11.3 Å². The van der Waals surface area contributed by atoms with Crippen molar-refractivity contribution in [3.63, 3.8) is 0 Å². The molecule has 0 saturated heterocycles. The van der Waals surface area contributed by atoms with Gasteiger partial charge in [-0.1, -0.05) is 77.1 Å². The molecule has 2 heteroatoms. The molecular formula is C32H29NO. The molecule has 2 heterocycles. The maximum absolute atomic E-state index is 6.51. The molecule has 34 heavy (non-hydrogen) atoms. The summed E-state index contributed by atoms with van der Waals surface area (Å²) in [6.07, 6.45) is 0. The fourth-order valence-corrected chi connectivity index (χ4v) is 5.12. The van der Waals surface area contributed by atoms with Crippen LogP contribution in [0.1, 0.15) is 51.7 Å². The molecular weight excluding hydrogens is 414 g/mol. The number of aromatic nitrogens is 1. The van der Waals surface area contributed by atoms with Crippen LogP contribution in [0.4, 0.5) is 0 Å². The fourth-order valence-electron chi connectivity index (χ4n) is 5.12. The molecule has 4 aromatic carbocycles. The summed E-state index contributed by atoms with van der Waals surface area (Å²) in [7, 11) is 0. The van der Waals surface area contributed by atoms with E-state index in [-0.39, 0.29) is 5.41 Å². The lowest BCUT2D eigenvalue weighted by Crippen LogP contribution is -2.12. The molecule has 2 aromatic heterocycles. The van der Waals surface area contributed by atoms with E-state index in [9.17, 15) is 0 Å². The van der Waals surface area contributed by atoms with E-state index in [1.807, 2.05) is 6.07 Å². The molecule has 0 radical (unpaired) electrons. The van der Waals surface area contributed by atoms with Gasteiger partial charge in [0.1, 0.15) is 11.2 Å². The molecule has 0 aliphatic rings. The number of benzene rings is 4. The van der Waals surface area contributed by atoms with Gasteiger partial charge in [-0.2, -0.15) is 0 Å². The number of furan rings is 1. The van der Waals surface area contributed by atoms with E-state index < -0.39 is 0 Å². The van der Waals surface area contributed by atoms with Crippen molar-refractivity contribution in [3.05, 3.63) is 90.0 Å². The lowest BCUT2D eigenvalue weighted by Gasteiger charge is -2.23. The Balaban J connectivity index is 1.79. The number of rotatable bonds is 2. The zero-order valence-electron chi connectivity index (χ0n) is 20.4. The fraction of sp³-hybridized carbons (Fsp3) is 0.219. The third kappa shape index (κ3) is 3.20. The van der Waals surface area contributed by atoms with Gasteiger partial charge < -0.3 is 4.42 Å². The number of nitrogens with zero attached hydrogens (tertiary/aromatic N) is 1. The normalized spacial score (nSPS) is 12.5. The Morgan fingerprint density at radius 1 is 0.765 bits per heavy atom. The SMILES string of the molecule is CC(C)c1ccc2oc3c4ccccc4nc(-c4cc(C(C)(C)C)c5ccccc5c4)c3c2c1. The second kappa shape index (κ2) is 7.43. The molecule has 0 N–H and O–H groups in total. The molecule has 0 aliphatic carbocycles. The highest BCUT2D eigenvalue weighted by atomic mass is 16.3. The second-order valence-electron chi connectivity index (χ2n) is 10.7. The number of pyridine rings is 1. The first-order valence-electron chi connectivity index (χ1n) is 12.1. The third-order valence-corrected chi connectivity index (χ3v) is 6.94. The first-order valence-corrected chi connectivity index (χ1v) is 12.1. The summed E-state index contributed by atoms with van der Waals surface area (Å²) in [4.78, 5) is 5.24. The van der Waals surface area contributed by atoms with Crippen molar-refractivity contribution < 1.29 is 4.42 Å². The van der Waals surface area contributed by atoms with Crippen molar-refractivity contribution in [2.45, 2.75) is 46.0 Å². The molecule has 0 atom stereocenters. The highest BCUT2D eigenvalue weighted by molar-refractivity contribution is 6.19. The molecule has 6 rings (SSSR count). The van der Waals surface area contributed by atoms with Crippen LogP contribution in [0.25, 0.3) is 54.9 Å². The summed E-state index contributed by atoms with van der Waals surface area (Å²) in [6.45, 7) is 11.3. The van der Waals surface area contributed by atoms with E-state index in [2.05, 4.69) is 107 Å². The molecule has 0 fully saturated rings. The molecule has 0 saturated carbocycles. The van der Waals surface area contributed by atoms with E-state index >= 15 is 0 Å². The summed E-state index contributed by atoms with van der Waals surface area (Å²) in [5, 5.41) is 5.84. The number of para-hydroxylation sites is 1. The Kier molecular flexibility index (Phi) is 4.57. The van der Waals surface area contributed by atoms with Gasteiger partial charge in [0.25, 0.3) is 0 Å². The van der Waals surface area contributed by atoms with Gasteiger partial charge in [0, 0.05) is 16.3 Å². The van der Waals surface area contributed by atoms with Crippen LogP contribution < -0.4 is 0 Å². The minimum Gasteiger partial charge on any atom is -0.455 e. The number of hydrogen-bond donors (Lipinski definition) is 0. The van der Waals surface area contributed by atoms with Gasteiger partial charge in [-0.3, -0.25) is 0 Å². The minimum atomic E-state index is 0.00878. The quantitative estimate of drug-likeness (QED) is 0.266. The standard InChI is InChI=1S/C32H29NO/c1-19(2)20-14-15-28-25(17-20)29-30(33-27-13-9-8-12-24(27)31(29)34-28)22-16-21-10-6-7-11-23(21)26(18-22)32(3,4)5/h6-19H,1-5H3. The highest BCUT2D eigenvalue weighted by Crippen LogP contribution is 2.42. The minimum absolute atomic E-state index is 0.00878. The van der Waals surface area contributed by atoms with Crippen LogP contribution in [0.15, 0.2) is 83.3 Å². The molecule has 168 valence electrons. The molecule has 6 aromatic rings. The van der Waals surface area contributed by atoms with Crippen LogP contribution in [0.5, 0.6) is 0 Å². The lowest BCUT2D eigenvalue weighted by molar-refractivity contribution is 0.596. The first-order chi connectivity index (χ1) is 16.3. The van der Waals surface area contributed by atoms with Gasteiger partial charge in [-0.25, -0.2) is 4.98 Å². The molecule has 0 bridgehead atoms. The van der Waals surface area contributed by atoms with Gasteiger partial charge in [0.15, 0.2) is 0 Å². The Hall–Kier alpha value is -3.65. The van der Waals surface area contributed by atoms with Gasteiger partial charge >= 0.3 is 0 Å². The van der Waals surface area contributed by atoms with Crippen molar-refractivity contribution in [1.29, 1.82) is 0 Å². The second-order valence-corrected chi connectivity index (χ2v) is 10.7. The first kappa shape index (κ1) is 20.9. The number of hydrogen-bond acceptors (Lipinski definition) is 2. The lowest BCUT2D eigenvalue weighted by atomic mass is 9.82. The Morgan fingerprint density at radius 3 is 2.26 bits per heavy atom. The maximum atomic E-state index is 6.51. The van der Waals surface area contributed by atoms with E-state index in [4.69, 9.17) is 9.40 Å². The van der Waals surface area contributed by atoms with E-state index in [1.165, 1.54) is 21.9 Å². The average Bonchev–Trinajstić information content (AvgIpc) is 3.21. The maximum Gasteiger partial charge on any atom is 0.147 e. The predicted octanol–water partition coefficient (Wildman–Crippen LogP) is 9.38. The smallest absolute Gasteiger partial charge is 0.147 e. The van der Waals surface area contributed by atoms with Crippen LogP contribution in [0, 0.1) is 0 Å². The zero-order valence-corrected chi connectivity index (χ0v) is 20.4. The largest absolute Gasteiger partial charge is 0.455 e. The molecule has 0 aliphatic heterocycles. The van der Waals surface area contributed by atoms with Crippen LogP contribution >= 0.6 is 0 Å². The summed E-state index contributed by atoms with van der Waals surface area (Å²) in [5.74, 6) is 0.444. The molecule has 2 nitrogen and oxygen atoms in total. The summed E-state index contributed by atoms with van der Waals surface area (Å²) in [6, 6.07) is 28.2. The number of fused-ring (bicyclic) bond motifs is 6. The predicted molar refractivity (Wildman–Crippen MR) is 145 cm³/mol. The zero-order chi connectivity index (χ0) is 23.6. The third-order valence-electron chi connectivity index (χ3n) is 6.94.